The van der Waals surface area contributed by atoms with Gasteiger partial charge in [-0.2, -0.15) is 0 Å². The Hall–Kier alpha value is -3.83. The average Bonchev–Trinajstić information content (AvgIpc) is 3.34. The van der Waals surface area contributed by atoms with E-state index in [0.29, 0.717) is 43.9 Å². The number of nitrogens with zero attached hydrogens (tertiary/aromatic N) is 1. The SMILES string of the molecule is COc1ccc(SC2=C(C(=O)O)N(Cc3ccc4c(c3)OCO4)S(=O)(=O)c3ccccc32)cc1OC. The molecule has 9 nitrogen and oxygen atoms in total. The second kappa shape index (κ2) is 9.32. The molecule has 2 aliphatic heterocycles. The minimum atomic E-state index is -4.17. The van der Waals surface area contributed by atoms with Crippen LogP contribution in [0.1, 0.15) is 11.1 Å². The summed E-state index contributed by atoms with van der Waals surface area (Å²) in [6.45, 7) is -0.133. The van der Waals surface area contributed by atoms with Gasteiger partial charge in [-0.25, -0.2) is 13.2 Å². The fraction of sp³-hybridized carbons (Fsp3) is 0.160. The standard InChI is InChI=1S/C25H21NO8S2/c1-31-18-10-8-16(12-20(18)32-2)35-24-17-5-3-4-6-22(17)36(29,30)26(23(24)25(27)28)13-15-7-9-19-21(11-15)34-14-33-19/h3-12H,13-14H2,1-2H3,(H,27,28). The lowest BCUT2D eigenvalue weighted by molar-refractivity contribution is -0.133. The van der Waals surface area contributed by atoms with E-state index in [1.807, 2.05) is 0 Å². The molecule has 0 spiro atoms. The van der Waals surface area contributed by atoms with Crippen LogP contribution in [0.5, 0.6) is 23.0 Å². The number of carboxylic acids is 1. The van der Waals surface area contributed by atoms with Gasteiger partial charge < -0.3 is 24.1 Å². The molecule has 0 radical (unpaired) electrons. The maximum absolute atomic E-state index is 13.7. The Morgan fingerprint density at radius 1 is 1.00 bits per heavy atom. The Morgan fingerprint density at radius 3 is 2.50 bits per heavy atom. The van der Waals surface area contributed by atoms with Gasteiger partial charge in [0.1, 0.15) is 0 Å². The van der Waals surface area contributed by atoms with Gasteiger partial charge in [0.25, 0.3) is 10.0 Å². The highest BCUT2D eigenvalue weighted by molar-refractivity contribution is 8.08. The number of hydrogen-bond acceptors (Lipinski definition) is 8. The van der Waals surface area contributed by atoms with E-state index in [-0.39, 0.29) is 23.9 Å². The van der Waals surface area contributed by atoms with Crippen molar-refractivity contribution in [2.24, 2.45) is 0 Å². The van der Waals surface area contributed by atoms with Crippen molar-refractivity contribution in [3.63, 3.8) is 0 Å². The van der Waals surface area contributed by atoms with Gasteiger partial charge in [-0.1, -0.05) is 36.0 Å². The Balaban J connectivity index is 1.65. The van der Waals surface area contributed by atoms with E-state index >= 15 is 0 Å². The minimum Gasteiger partial charge on any atom is -0.493 e. The number of carboxylic acid groups (broad SMARTS) is 1. The molecule has 0 aliphatic carbocycles. The zero-order valence-corrected chi connectivity index (χ0v) is 20.9. The highest BCUT2D eigenvalue weighted by Gasteiger charge is 2.40. The van der Waals surface area contributed by atoms with Crippen molar-refractivity contribution in [2.45, 2.75) is 16.3 Å². The number of ether oxygens (including phenoxy) is 4. The molecule has 0 unspecified atom stereocenters. The molecule has 2 aliphatic rings. The van der Waals surface area contributed by atoms with Gasteiger partial charge in [0.15, 0.2) is 28.7 Å². The number of sulfonamides is 1. The third-order valence-electron chi connectivity index (χ3n) is 5.70. The molecule has 0 amide bonds. The minimum absolute atomic E-state index is 0.0266. The van der Waals surface area contributed by atoms with E-state index in [1.165, 1.54) is 20.3 Å². The predicted octanol–water partition coefficient (Wildman–Crippen LogP) is 4.18. The zero-order valence-electron chi connectivity index (χ0n) is 19.3. The number of fused-ring (bicyclic) bond motifs is 2. The number of aliphatic carboxylic acids is 1. The molecule has 0 atom stereocenters. The first kappa shape index (κ1) is 23.9. The fourth-order valence-corrected chi connectivity index (χ4v) is 6.94. The molecule has 36 heavy (non-hydrogen) atoms. The monoisotopic (exact) mass is 527 g/mol. The summed E-state index contributed by atoms with van der Waals surface area (Å²) >= 11 is 1.14. The summed E-state index contributed by atoms with van der Waals surface area (Å²) in [4.78, 5) is 13.6. The quantitative estimate of drug-likeness (QED) is 0.484. The molecule has 0 saturated carbocycles. The summed E-state index contributed by atoms with van der Waals surface area (Å²) < 4.78 is 49.7. The summed E-state index contributed by atoms with van der Waals surface area (Å²) in [6.07, 6.45) is 0. The molecule has 3 aromatic rings. The molecule has 0 fully saturated rings. The van der Waals surface area contributed by atoms with Gasteiger partial charge in [0.05, 0.1) is 30.6 Å². The highest BCUT2D eigenvalue weighted by atomic mass is 32.2. The average molecular weight is 528 g/mol. The first-order valence-electron chi connectivity index (χ1n) is 10.7. The van der Waals surface area contributed by atoms with Crippen LogP contribution in [-0.2, 0) is 21.4 Å². The molecular formula is C25H21NO8S2. The van der Waals surface area contributed by atoms with Crippen LogP contribution in [0.4, 0.5) is 0 Å². The fourth-order valence-electron chi connectivity index (χ4n) is 4.03. The van der Waals surface area contributed by atoms with Gasteiger partial charge in [0, 0.05) is 10.5 Å². The van der Waals surface area contributed by atoms with E-state index in [9.17, 15) is 18.3 Å². The number of thioether (sulfide) groups is 1. The van der Waals surface area contributed by atoms with Crippen LogP contribution in [-0.4, -0.2) is 44.8 Å². The summed E-state index contributed by atoms with van der Waals surface area (Å²) in [5.74, 6) is 0.642. The van der Waals surface area contributed by atoms with E-state index < -0.39 is 16.0 Å². The van der Waals surface area contributed by atoms with Crippen LogP contribution < -0.4 is 18.9 Å². The second-order valence-electron chi connectivity index (χ2n) is 7.80. The van der Waals surface area contributed by atoms with E-state index in [2.05, 4.69) is 0 Å². The van der Waals surface area contributed by atoms with Crippen molar-refractivity contribution >= 4 is 32.7 Å². The number of methoxy groups -OCH3 is 2. The third-order valence-corrected chi connectivity index (χ3v) is 8.62. The zero-order chi connectivity index (χ0) is 25.4. The van der Waals surface area contributed by atoms with Crippen LogP contribution in [0.2, 0.25) is 0 Å². The largest absolute Gasteiger partial charge is 0.493 e. The van der Waals surface area contributed by atoms with Crippen LogP contribution in [0.25, 0.3) is 4.91 Å². The van der Waals surface area contributed by atoms with Crippen molar-refractivity contribution in [3.05, 3.63) is 77.5 Å². The van der Waals surface area contributed by atoms with Gasteiger partial charge in [-0.15, -0.1) is 0 Å². The Kier molecular flexibility index (Phi) is 6.19. The van der Waals surface area contributed by atoms with E-state index in [1.54, 1.807) is 54.6 Å². The van der Waals surface area contributed by atoms with Gasteiger partial charge >= 0.3 is 5.97 Å². The van der Waals surface area contributed by atoms with Gasteiger partial charge in [-0.3, -0.25) is 4.31 Å². The van der Waals surface area contributed by atoms with Crippen LogP contribution in [0, 0.1) is 0 Å². The van der Waals surface area contributed by atoms with Crippen molar-refractivity contribution in [1.29, 1.82) is 0 Å². The van der Waals surface area contributed by atoms with Crippen LogP contribution in [0.15, 0.2) is 76.2 Å². The third kappa shape index (κ3) is 4.10. The molecule has 5 rings (SSSR count). The van der Waals surface area contributed by atoms with Gasteiger partial charge in [-0.05, 0) is 42.0 Å². The predicted molar refractivity (Wildman–Crippen MR) is 132 cm³/mol. The van der Waals surface area contributed by atoms with Crippen molar-refractivity contribution in [3.8, 4) is 23.0 Å². The maximum Gasteiger partial charge on any atom is 0.354 e. The van der Waals surface area contributed by atoms with Crippen molar-refractivity contribution in [2.75, 3.05) is 21.0 Å². The van der Waals surface area contributed by atoms with Crippen LogP contribution >= 0.6 is 11.8 Å². The number of hydrogen-bond donors (Lipinski definition) is 1. The molecule has 0 aromatic heterocycles. The number of carbonyl (C=O) groups is 1. The normalized spacial score (nSPS) is 15.4. The first-order chi connectivity index (χ1) is 17.3. The van der Waals surface area contributed by atoms with E-state index in [4.69, 9.17) is 18.9 Å². The lowest BCUT2D eigenvalue weighted by Gasteiger charge is -2.32. The topological polar surface area (TPSA) is 112 Å². The summed E-state index contributed by atoms with van der Waals surface area (Å²) in [7, 11) is -1.15. The number of rotatable bonds is 7. The maximum atomic E-state index is 13.7. The molecular weight excluding hydrogens is 506 g/mol. The Bertz CT molecular complexity index is 1500. The summed E-state index contributed by atoms with van der Waals surface area (Å²) in [5, 5.41) is 10.3. The van der Waals surface area contributed by atoms with Crippen molar-refractivity contribution in [1.82, 2.24) is 4.31 Å². The molecule has 186 valence electrons. The summed E-state index contributed by atoms with van der Waals surface area (Å²) in [5.41, 5.74) is 0.527. The number of benzene rings is 3. The highest BCUT2D eigenvalue weighted by Crippen LogP contribution is 2.47. The second-order valence-corrected chi connectivity index (χ2v) is 10.7. The molecule has 0 saturated heterocycles. The first-order valence-corrected chi connectivity index (χ1v) is 13.0. The molecule has 2 heterocycles. The Morgan fingerprint density at radius 2 is 1.75 bits per heavy atom. The lowest BCUT2D eigenvalue weighted by atomic mass is 10.1. The molecule has 3 aromatic carbocycles. The van der Waals surface area contributed by atoms with Crippen LogP contribution in [0.3, 0.4) is 0 Å². The Labute approximate surface area is 211 Å². The summed E-state index contributed by atoms with van der Waals surface area (Å²) in [6, 6.07) is 16.6. The molecule has 1 N–H and O–H groups in total. The molecule has 0 bridgehead atoms. The van der Waals surface area contributed by atoms with Crippen molar-refractivity contribution < 1.29 is 37.3 Å². The van der Waals surface area contributed by atoms with E-state index in [0.717, 1.165) is 16.1 Å². The lowest BCUT2D eigenvalue weighted by Crippen LogP contribution is -2.37. The van der Waals surface area contributed by atoms with Gasteiger partial charge in [0.2, 0.25) is 6.79 Å². The smallest absolute Gasteiger partial charge is 0.354 e. The molecule has 11 heteroatoms.